The fourth-order valence-electron chi connectivity index (χ4n) is 3.08. The molecule has 12 heteroatoms. The molecule has 32 heavy (non-hydrogen) atoms. The Bertz CT molecular complexity index is 1310. The fourth-order valence-corrected chi connectivity index (χ4v) is 4.53. The first-order valence-electron chi connectivity index (χ1n) is 9.10. The number of Topliss-reactive ketones (excluding diaryl/α,β-unsaturated/α-hetero) is 1. The van der Waals surface area contributed by atoms with E-state index in [0.717, 1.165) is 29.0 Å². The van der Waals surface area contributed by atoms with E-state index in [0.29, 0.717) is 5.01 Å². The zero-order chi connectivity index (χ0) is 23.0. The van der Waals surface area contributed by atoms with Crippen LogP contribution in [0.25, 0.3) is 16.3 Å². The Morgan fingerprint density at radius 2 is 1.91 bits per heavy atom. The van der Waals surface area contributed by atoms with Crippen molar-refractivity contribution in [2.75, 3.05) is 5.32 Å². The van der Waals surface area contributed by atoms with E-state index >= 15 is 0 Å². The number of nitrogens with one attached hydrogen (secondary N) is 1. The van der Waals surface area contributed by atoms with Crippen molar-refractivity contribution in [1.82, 2.24) is 20.0 Å². The molecule has 0 saturated heterocycles. The number of carbonyl (C=O) groups is 2. The number of thiophene rings is 1. The highest BCUT2D eigenvalue weighted by molar-refractivity contribution is 7.19. The summed E-state index contributed by atoms with van der Waals surface area (Å²) in [5.74, 6) is -1.81. The van der Waals surface area contributed by atoms with Gasteiger partial charge in [-0.1, -0.05) is 17.4 Å². The summed E-state index contributed by atoms with van der Waals surface area (Å²) in [4.78, 5) is 25.3. The molecule has 164 valence electrons. The maximum Gasteiger partial charge on any atom is 0.416 e. The Hall–Kier alpha value is -3.38. The van der Waals surface area contributed by atoms with Gasteiger partial charge >= 0.3 is 6.18 Å². The van der Waals surface area contributed by atoms with Crippen LogP contribution in [-0.2, 0) is 11.0 Å². The van der Waals surface area contributed by atoms with E-state index in [1.807, 2.05) is 16.8 Å². The summed E-state index contributed by atoms with van der Waals surface area (Å²) in [5, 5.41) is 19.0. The first kappa shape index (κ1) is 21.8. The van der Waals surface area contributed by atoms with Gasteiger partial charge in [0.1, 0.15) is 5.01 Å². The molecule has 1 aromatic carbocycles. The second kappa shape index (κ2) is 8.28. The van der Waals surface area contributed by atoms with E-state index in [1.54, 1.807) is 0 Å². The molecule has 0 aliphatic carbocycles. The molecular weight excluding hydrogens is 463 g/mol. The van der Waals surface area contributed by atoms with Gasteiger partial charge in [-0.2, -0.15) is 29.6 Å². The van der Waals surface area contributed by atoms with Crippen molar-refractivity contribution in [3.63, 3.8) is 0 Å². The number of halogens is 3. The molecular formula is C20H14F3N5O2S2. The molecule has 0 aliphatic rings. The Morgan fingerprint density at radius 3 is 2.59 bits per heavy atom. The van der Waals surface area contributed by atoms with Crippen LogP contribution in [0.3, 0.4) is 0 Å². The number of benzene rings is 1. The van der Waals surface area contributed by atoms with Crippen molar-refractivity contribution in [2.24, 2.45) is 0 Å². The summed E-state index contributed by atoms with van der Waals surface area (Å²) in [7, 11) is 0. The number of ketones is 1. The molecule has 0 radical (unpaired) electrons. The van der Waals surface area contributed by atoms with E-state index in [1.165, 1.54) is 42.0 Å². The number of rotatable bonds is 5. The Labute approximate surface area is 187 Å². The lowest BCUT2D eigenvalue weighted by molar-refractivity contribution is -0.137. The molecule has 0 bridgehead atoms. The van der Waals surface area contributed by atoms with E-state index in [2.05, 4.69) is 20.6 Å². The summed E-state index contributed by atoms with van der Waals surface area (Å²) in [5.41, 5.74) is 0.626. The van der Waals surface area contributed by atoms with Gasteiger partial charge in [0, 0.05) is 10.9 Å². The van der Waals surface area contributed by atoms with Crippen LogP contribution in [0.15, 0.2) is 41.1 Å². The van der Waals surface area contributed by atoms with Crippen LogP contribution in [-0.4, -0.2) is 31.7 Å². The first-order chi connectivity index (χ1) is 15.1. The molecule has 1 amide bonds. The van der Waals surface area contributed by atoms with E-state index in [-0.39, 0.29) is 27.8 Å². The van der Waals surface area contributed by atoms with Crippen molar-refractivity contribution in [2.45, 2.75) is 20.0 Å². The van der Waals surface area contributed by atoms with Crippen molar-refractivity contribution in [1.29, 1.82) is 0 Å². The van der Waals surface area contributed by atoms with Crippen molar-refractivity contribution in [3.8, 4) is 16.3 Å². The summed E-state index contributed by atoms with van der Waals surface area (Å²) < 4.78 is 40.4. The number of carbonyl (C=O) groups excluding carboxylic acids is 2. The van der Waals surface area contributed by atoms with E-state index < -0.39 is 23.4 Å². The van der Waals surface area contributed by atoms with Crippen LogP contribution in [0.1, 0.15) is 27.3 Å². The van der Waals surface area contributed by atoms with Crippen molar-refractivity contribution < 1.29 is 22.8 Å². The van der Waals surface area contributed by atoms with E-state index in [4.69, 9.17) is 0 Å². The molecule has 0 unspecified atom stereocenters. The highest BCUT2D eigenvalue weighted by Crippen LogP contribution is 2.31. The zero-order valence-electron chi connectivity index (χ0n) is 16.6. The minimum Gasteiger partial charge on any atom is -0.293 e. The smallest absolute Gasteiger partial charge is 0.293 e. The molecule has 0 fully saturated rings. The number of amides is 1. The number of hydrogen-bond acceptors (Lipinski definition) is 7. The molecule has 3 aromatic heterocycles. The largest absolute Gasteiger partial charge is 0.416 e. The minimum absolute atomic E-state index is 0.0162. The predicted octanol–water partition coefficient (Wildman–Crippen LogP) is 4.91. The summed E-state index contributed by atoms with van der Waals surface area (Å²) in [6.45, 7) is 3.03. The lowest BCUT2D eigenvalue weighted by Crippen LogP contribution is -2.24. The Kier molecular flexibility index (Phi) is 5.65. The summed E-state index contributed by atoms with van der Waals surface area (Å²) >= 11 is 2.61. The standard InChI is InChI=1S/C20H14F3N5O2S2/c1-10-15(11(2)28(27-10)14-5-3-4-13(8-14)20(21,22)23)16(29)17(30)24-19-26-25-18(32-19)12-6-7-31-9-12/h3-9H,1-2H3,(H,24,26,30). The second-order valence-electron chi connectivity index (χ2n) is 6.71. The Balaban J connectivity index is 1.58. The monoisotopic (exact) mass is 477 g/mol. The lowest BCUT2D eigenvalue weighted by Gasteiger charge is -2.10. The SMILES string of the molecule is Cc1nn(-c2cccc(C(F)(F)F)c2)c(C)c1C(=O)C(=O)Nc1nnc(-c2ccsc2)s1. The number of alkyl halides is 3. The Morgan fingerprint density at radius 1 is 1.12 bits per heavy atom. The van der Waals surface area contributed by atoms with Gasteiger partial charge < -0.3 is 0 Å². The van der Waals surface area contributed by atoms with Gasteiger partial charge in [0.2, 0.25) is 5.13 Å². The second-order valence-corrected chi connectivity index (χ2v) is 8.47. The van der Waals surface area contributed by atoms with Crippen molar-refractivity contribution in [3.05, 3.63) is 63.6 Å². The summed E-state index contributed by atoms with van der Waals surface area (Å²) in [6.07, 6.45) is -4.52. The van der Waals surface area contributed by atoms with Gasteiger partial charge in [-0.25, -0.2) is 4.68 Å². The van der Waals surface area contributed by atoms with Gasteiger partial charge in [0.25, 0.3) is 11.7 Å². The molecule has 1 N–H and O–H groups in total. The third-order valence-electron chi connectivity index (χ3n) is 4.56. The molecule has 4 rings (SSSR count). The van der Waals surface area contributed by atoms with Crippen LogP contribution in [0.2, 0.25) is 0 Å². The van der Waals surface area contributed by atoms with Gasteiger partial charge in [0.05, 0.1) is 28.2 Å². The van der Waals surface area contributed by atoms with Gasteiger partial charge in [-0.05, 0) is 43.5 Å². The topological polar surface area (TPSA) is 89.8 Å². The maximum atomic E-state index is 13.1. The fraction of sp³-hybridized carbons (Fsp3) is 0.150. The molecule has 0 atom stereocenters. The lowest BCUT2D eigenvalue weighted by atomic mass is 10.1. The molecule has 0 aliphatic heterocycles. The molecule has 3 heterocycles. The average molecular weight is 477 g/mol. The first-order valence-corrected chi connectivity index (χ1v) is 10.9. The highest BCUT2D eigenvalue weighted by Gasteiger charge is 2.31. The van der Waals surface area contributed by atoms with Gasteiger partial charge in [0.15, 0.2) is 0 Å². The maximum absolute atomic E-state index is 13.1. The number of nitrogens with zero attached hydrogens (tertiary/aromatic N) is 4. The quantitative estimate of drug-likeness (QED) is 0.326. The predicted molar refractivity (Wildman–Crippen MR) is 114 cm³/mol. The zero-order valence-corrected chi connectivity index (χ0v) is 18.2. The minimum atomic E-state index is -4.52. The number of hydrogen-bond donors (Lipinski definition) is 1. The molecule has 7 nitrogen and oxygen atoms in total. The summed E-state index contributed by atoms with van der Waals surface area (Å²) in [6, 6.07) is 6.43. The number of anilines is 1. The van der Waals surface area contributed by atoms with Crippen LogP contribution >= 0.6 is 22.7 Å². The van der Waals surface area contributed by atoms with Crippen LogP contribution in [0, 0.1) is 13.8 Å². The van der Waals surface area contributed by atoms with E-state index in [9.17, 15) is 22.8 Å². The third-order valence-corrected chi connectivity index (χ3v) is 6.13. The van der Waals surface area contributed by atoms with Gasteiger partial charge in [-0.15, -0.1) is 10.2 Å². The normalized spacial score (nSPS) is 11.5. The molecule has 4 aromatic rings. The molecule has 0 spiro atoms. The van der Waals surface area contributed by atoms with Crippen molar-refractivity contribution >= 4 is 39.5 Å². The number of aromatic nitrogens is 4. The van der Waals surface area contributed by atoms with Crippen LogP contribution < -0.4 is 5.32 Å². The van der Waals surface area contributed by atoms with Crippen LogP contribution in [0.5, 0.6) is 0 Å². The van der Waals surface area contributed by atoms with Crippen LogP contribution in [0.4, 0.5) is 18.3 Å². The highest BCUT2D eigenvalue weighted by atomic mass is 32.1. The third kappa shape index (κ3) is 4.18. The van der Waals surface area contributed by atoms with Gasteiger partial charge in [-0.3, -0.25) is 14.9 Å². The number of aryl methyl sites for hydroxylation is 1. The average Bonchev–Trinajstić information content (AvgIpc) is 3.48. The molecule has 0 saturated carbocycles.